The molecule has 166 valence electrons. The number of piperidine rings is 1. The molecular formula is C25H26ClN3O3. The quantitative estimate of drug-likeness (QED) is 0.559. The van der Waals surface area contributed by atoms with Crippen molar-refractivity contribution in [2.75, 3.05) is 27.2 Å². The molecule has 2 heterocycles. The van der Waals surface area contributed by atoms with Crippen molar-refractivity contribution >= 4 is 34.3 Å². The topological polar surface area (TPSA) is 62.7 Å². The van der Waals surface area contributed by atoms with Gasteiger partial charge in [-0.05, 0) is 61.2 Å². The van der Waals surface area contributed by atoms with Gasteiger partial charge in [0.05, 0.1) is 11.1 Å². The van der Waals surface area contributed by atoms with Crippen LogP contribution in [0, 0.1) is 0 Å². The number of ether oxygens (including phenoxy) is 1. The number of carbonyl (C=O) groups is 2. The Morgan fingerprint density at radius 3 is 2.44 bits per heavy atom. The summed E-state index contributed by atoms with van der Waals surface area (Å²) in [5, 5.41) is 1.33. The number of carbonyl (C=O) groups excluding carboxylic acids is 2. The Morgan fingerprint density at radius 1 is 1.03 bits per heavy atom. The first-order valence-electron chi connectivity index (χ1n) is 10.8. The predicted octanol–water partition coefficient (Wildman–Crippen LogP) is 4.80. The van der Waals surface area contributed by atoms with Crippen molar-refractivity contribution in [1.29, 1.82) is 0 Å². The third kappa shape index (κ3) is 4.86. The average molecular weight is 452 g/mol. The first-order chi connectivity index (χ1) is 15.4. The van der Waals surface area contributed by atoms with E-state index in [2.05, 4.69) is 4.98 Å². The van der Waals surface area contributed by atoms with Crippen LogP contribution in [0.15, 0.2) is 48.5 Å². The Labute approximate surface area is 192 Å². The fourth-order valence-corrected chi connectivity index (χ4v) is 3.95. The van der Waals surface area contributed by atoms with E-state index in [-0.39, 0.29) is 11.8 Å². The van der Waals surface area contributed by atoms with Crippen molar-refractivity contribution in [3.05, 3.63) is 70.4 Å². The molecule has 1 fully saturated rings. The molecule has 0 spiro atoms. The number of hydrogen-bond acceptors (Lipinski definition) is 4. The summed E-state index contributed by atoms with van der Waals surface area (Å²) in [4.78, 5) is 33.9. The number of pyridine rings is 1. The first kappa shape index (κ1) is 22.1. The Morgan fingerprint density at radius 2 is 1.75 bits per heavy atom. The monoisotopic (exact) mass is 451 g/mol. The van der Waals surface area contributed by atoms with Crippen molar-refractivity contribution in [2.24, 2.45) is 0 Å². The minimum atomic E-state index is -0.181. The molecule has 1 aliphatic heterocycles. The van der Waals surface area contributed by atoms with Crippen LogP contribution < -0.4 is 4.74 Å². The molecule has 0 aliphatic carbocycles. The maximum Gasteiger partial charge on any atom is 0.272 e. The second kappa shape index (κ2) is 9.57. The van der Waals surface area contributed by atoms with Crippen LogP contribution in [0.4, 0.5) is 0 Å². The van der Waals surface area contributed by atoms with Gasteiger partial charge >= 0.3 is 0 Å². The number of likely N-dealkylation sites (tertiary alicyclic amines) is 1. The number of amides is 2. The summed E-state index contributed by atoms with van der Waals surface area (Å²) < 4.78 is 5.94. The van der Waals surface area contributed by atoms with Crippen molar-refractivity contribution in [3.63, 3.8) is 0 Å². The molecule has 1 aromatic heterocycles. The van der Waals surface area contributed by atoms with Crippen LogP contribution in [0.3, 0.4) is 0 Å². The summed E-state index contributed by atoms with van der Waals surface area (Å²) >= 11 is 5.94. The number of fused-ring (bicyclic) bond motifs is 1. The van der Waals surface area contributed by atoms with Gasteiger partial charge in [-0.15, -0.1) is 0 Å². The van der Waals surface area contributed by atoms with Gasteiger partial charge in [-0.3, -0.25) is 9.59 Å². The average Bonchev–Trinajstić information content (AvgIpc) is 2.82. The van der Waals surface area contributed by atoms with Gasteiger partial charge in [0.2, 0.25) is 0 Å². The van der Waals surface area contributed by atoms with Gasteiger partial charge in [0.15, 0.2) is 0 Å². The summed E-state index contributed by atoms with van der Waals surface area (Å²) in [6, 6.07) is 14.5. The van der Waals surface area contributed by atoms with Crippen molar-refractivity contribution < 1.29 is 14.3 Å². The van der Waals surface area contributed by atoms with Crippen LogP contribution in [0.1, 0.15) is 45.7 Å². The van der Waals surface area contributed by atoms with Gasteiger partial charge in [0.25, 0.3) is 11.8 Å². The molecule has 0 radical (unpaired) electrons. The summed E-state index contributed by atoms with van der Waals surface area (Å²) in [5.74, 6) is 0.319. The third-order valence-electron chi connectivity index (χ3n) is 5.60. The lowest BCUT2D eigenvalue weighted by Gasteiger charge is -2.26. The van der Waals surface area contributed by atoms with E-state index in [0.717, 1.165) is 37.9 Å². The Hall–Kier alpha value is -3.12. The Kier molecular flexibility index (Phi) is 6.61. The van der Waals surface area contributed by atoms with Crippen LogP contribution in [0.2, 0.25) is 5.02 Å². The zero-order valence-corrected chi connectivity index (χ0v) is 19.1. The molecule has 3 aromatic rings. The number of benzene rings is 2. The zero-order valence-electron chi connectivity index (χ0n) is 18.3. The van der Waals surface area contributed by atoms with E-state index in [0.29, 0.717) is 39.5 Å². The molecule has 0 saturated carbocycles. The number of rotatable bonds is 5. The molecular weight excluding hydrogens is 426 g/mol. The van der Waals surface area contributed by atoms with E-state index in [9.17, 15) is 9.59 Å². The highest BCUT2D eigenvalue weighted by atomic mass is 35.5. The lowest BCUT2D eigenvalue weighted by Crippen LogP contribution is -2.36. The van der Waals surface area contributed by atoms with Crippen LogP contribution in [-0.4, -0.2) is 53.8 Å². The fraction of sp³-hybridized carbons (Fsp3) is 0.320. The van der Waals surface area contributed by atoms with Crippen molar-refractivity contribution in [3.8, 4) is 5.75 Å². The maximum atomic E-state index is 13.0. The molecule has 6 nitrogen and oxygen atoms in total. The van der Waals surface area contributed by atoms with Crippen LogP contribution in [0.5, 0.6) is 5.75 Å². The van der Waals surface area contributed by atoms with Crippen LogP contribution in [-0.2, 0) is 6.61 Å². The fourth-order valence-electron chi connectivity index (χ4n) is 3.83. The van der Waals surface area contributed by atoms with E-state index < -0.39 is 0 Å². The highest BCUT2D eigenvalue weighted by Crippen LogP contribution is 2.26. The zero-order chi connectivity index (χ0) is 22.7. The first-order valence-corrected chi connectivity index (χ1v) is 11.1. The highest BCUT2D eigenvalue weighted by molar-refractivity contribution is 6.30. The minimum absolute atomic E-state index is 0.123. The number of nitrogens with zero attached hydrogens (tertiary/aromatic N) is 3. The van der Waals surface area contributed by atoms with E-state index in [4.69, 9.17) is 16.3 Å². The van der Waals surface area contributed by atoms with Crippen molar-refractivity contribution in [1.82, 2.24) is 14.8 Å². The lowest BCUT2D eigenvalue weighted by molar-refractivity contribution is 0.0719. The molecule has 0 N–H and O–H groups in total. The lowest BCUT2D eigenvalue weighted by atomic mass is 10.0. The molecule has 7 heteroatoms. The van der Waals surface area contributed by atoms with Gasteiger partial charge in [-0.25, -0.2) is 4.98 Å². The second-order valence-corrected chi connectivity index (χ2v) is 8.64. The van der Waals surface area contributed by atoms with Gasteiger partial charge in [-0.1, -0.05) is 23.7 Å². The van der Waals surface area contributed by atoms with Gasteiger partial charge in [-0.2, -0.15) is 0 Å². The number of halogens is 1. The molecule has 1 saturated heterocycles. The predicted molar refractivity (Wildman–Crippen MR) is 125 cm³/mol. The molecule has 2 amide bonds. The SMILES string of the molecule is CN(C)C(=O)c1cc(C(=O)N2CCCCC2)nc2ccc(OCc3ccc(Cl)cc3)cc12. The van der Waals surface area contributed by atoms with E-state index in [1.807, 2.05) is 41.3 Å². The molecule has 0 unspecified atom stereocenters. The molecule has 1 aliphatic rings. The van der Waals surface area contributed by atoms with Crippen LogP contribution >= 0.6 is 11.6 Å². The van der Waals surface area contributed by atoms with Gasteiger partial charge in [0.1, 0.15) is 18.1 Å². The molecule has 0 atom stereocenters. The molecule has 4 rings (SSSR count). The minimum Gasteiger partial charge on any atom is -0.489 e. The summed E-state index contributed by atoms with van der Waals surface area (Å²) in [5.41, 5.74) is 2.33. The van der Waals surface area contributed by atoms with E-state index >= 15 is 0 Å². The molecule has 32 heavy (non-hydrogen) atoms. The number of hydrogen-bond donors (Lipinski definition) is 0. The molecule has 0 bridgehead atoms. The third-order valence-corrected chi connectivity index (χ3v) is 5.85. The number of aromatic nitrogens is 1. The Balaban J connectivity index is 1.67. The maximum absolute atomic E-state index is 13.0. The smallest absolute Gasteiger partial charge is 0.272 e. The summed E-state index contributed by atoms with van der Waals surface area (Å²) in [6.07, 6.45) is 3.13. The normalized spacial score (nSPS) is 13.8. The highest BCUT2D eigenvalue weighted by Gasteiger charge is 2.23. The summed E-state index contributed by atoms with van der Waals surface area (Å²) in [7, 11) is 3.39. The van der Waals surface area contributed by atoms with Crippen LogP contribution in [0.25, 0.3) is 10.9 Å². The molecule has 2 aromatic carbocycles. The van der Waals surface area contributed by atoms with E-state index in [1.54, 1.807) is 26.2 Å². The summed E-state index contributed by atoms with van der Waals surface area (Å²) in [6.45, 7) is 1.83. The van der Waals surface area contributed by atoms with Crippen molar-refractivity contribution in [2.45, 2.75) is 25.9 Å². The Bertz CT molecular complexity index is 1140. The van der Waals surface area contributed by atoms with E-state index in [1.165, 1.54) is 4.90 Å². The second-order valence-electron chi connectivity index (χ2n) is 8.20. The van der Waals surface area contributed by atoms with Gasteiger partial charge < -0.3 is 14.5 Å². The largest absolute Gasteiger partial charge is 0.489 e. The van der Waals surface area contributed by atoms with Gasteiger partial charge in [0, 0.05) is 37.6 Å². The standard InChI is InChI=1S/C25H26ClN3O3/c1-28(2)24(30)21-15-23(25(31)29-12-4-3-5-13-29)27-22-11-10-19(14-20(21)22)32-16-17-6-8-18(26)9-7-17/h6-11,14-15H,3-5,12-13,16H2,1-2H3.